The Morgan fingerprint density at radius 1 is 1.38 bits per heavy atom. The number of nitrogens with one attached hydrogen (secondary N) is 2. The Labute approximate surface area is 164 Å². The van der Waals surface area contributed by atoms with Gasteiger partial charge in [-0.05, 0) is 38.1 Å². The number of carbonyl (C=O) groups excluding carboxylic acids is 1. The van der Waals surface area contributed by atoms with E-state index in [-0.39, 0.29) is 36.5 Å². The van der Waals surface area contributed by atoms with E-state index in [0.717, 1.165) is 24.4 Å². The van der Waals surface area contributed by atoms with Crippen molar-refractivity contribution < 1.29 is 13.9 Å². The predicted molar refractivity (Wildman–Crippen MR) is 104 cm³/mol. The first-order valence-corrected chi connectivity index (χ1v) is 8.21. The highest BCUT2D eigenvalue weighted by Gasteiger charge is 2.39. The number of aromatic nitrogens is 2. The molecule has 0 aliphatic carbocycles. The zero-order valence-corrected chi connectivity index (χ0v) is 16.5. The van der Waals surface area contributed by atoms with Crippen LogP contribution in [0, 0.1) is 5.82 Å². The molecule has 9 heteroatoms. The van der Waals surface area contributed by atoms with Gasteiger partial charge in [0, 0.05) is 27.1 Å². The van der Waals surface area contributed by atoms with Gasteiger partial charge in [0.05, 0.1) is 5.52 Å². The SMILES string of the molecule is COC1(C(=O)NCCc2nc3c(F)cccc3n2C)CCNCC1.Cl.Cl. The molecule has 1 amide bonds. The summed E-state index contributed by atoms with van der Waals surface area (Å²) < 4.78 is 21.2. The van der Waals surface area contributed by atoms with Crippen LogP contribution in [0.15, 0.2) is 18.2 Å². The third-order valence-corrected chi connectivity index (χ3v) is 4.80. The molecule has 0 radical (unpaired) electrons. The summed E-state index contributed by atoms with van der Waals surface area (Å²) in [5.41, 5.74) is 0.375. The summed E-state index contributed by atoms with van der Waals surface area (Å²) in [6.45, 7) is 1.98. The fourth-order valence-electron chi connectivity index (χ4n) is 3.26. The number of hydrogen-bond acceptors (Lipinski definition) is 4. The number of aryl methyl sites for hydroxylation is 1. The molecule has 1 aromatic carbocycles. The van der Waals surface area contributed by atoms with Crippen molar-refractivity contribution in [2.24, 2.45) is 7.05 Å². The number of methoxy groups -OCH3 is 1. The molecule has 0 atom stereocenters. The molecule has 146 valence electrons. The molecule has 6 nitrogen and oxygen atoms in total. The van der Waals surface area contributed by atoms with E-state index < -0.39 is 5.60 Å². The summed E-state index contributed by atoms with van der Waals surface area (Å²) in [6.07, 6.45) is 1.86. The summed E-state index contributed by atoms with van der Waals surface area (Å²) in [6, 6.07) is 4.91. The number of halogens is 3. The fourth-order valence-corrected chi connectivity index (χ4v) is 3.26. The number of nitrogens with zero attached hydrogens (tertiary/aromatic N) is 2. The molecule has 2 heterocycles. The lowest BCUT2D eigenvalue weighted by molar-refractivity contribution is -0.146. The quantitative estimate of drug-likeness (QED) is 0.796. The van der Waals surface area contributed by atoms with E-state index in [1.807, 2.05) is 17.7 Å². The minimum absolute atomic E-state index is 0. The zero-order chi connectivity index (χ0) is 17.2. The molecule has 0 saturated carbocycles. The third-order valence-electron chi connectivity index (χ3n) is 4.80. The molecule has 1 aliphatic heterocycles. The van der Waals surface area contributed by atoms with Crippen LogP contribution in [0.2, 0.25) is 0 Å². The van der Waals surface area contributed by atoms with Crippen LogP contribution < -0.4 is 10.6 Å². The zero-order valence-electron chi connectivity index (χ0n) is 14.9. The van der Waals surface area contributed by atoms with Crippen LogP contribution in [0.1, 0.15) is 18.7 Å². The minimum Gasteiger partial charge on any atom is -0.368 e. The van der Waals surface area contributed by atoms with Crippen molar-refractivity contribution in [3.05, 3.63) is 29.8 Å². The van der Waals surface area contributed by atoms with Gasteiger partial charge in [-0.25, -0.2) is 9.37 Å². The number of para-hydroxylation sites is 1. The summed E-state index contributed by atoms with van der Waals surface area (Å²) >= 11 is 0. The highest BCUT2D eigenvalue weighted by atomic mass is 35.5. The van der Waals surface area contributed by atoms with Gasteiger partial charge < -0.3 is 19.9 Å². The number of ether oxygens (including phenoxy) is 1. The molecule has 1 aliphatic rings. The van der Waals surface area contributed by atoms with Crippen LogP contribution in [0.5, 0.6) is 0 Å². The molecule has 1 aromatic heterocycles. The minimum atomic E-state index is -0.746. The molecule has 0 bridgehead atoms. The number of piperidine rings is 1. The molecule has 0 unspecified atom stereocenters. The Bertz CT molecular complexity index is 748. The molecule has 2 aromatic rings. The fraction of sp³-hybridized carbons (Fsp3) is 0.529. The summed E-state index contributed by atoms with van der Waals surface area (Å²) in [7, 11) is 3.44. The Kier molecular flexibility index (Phi) is 8.27. The Morgan fingerprint density at radius 3 is 2.69 bits per heavy atom. The number of imidazole rings is 1. The average molecular weight is 407 g/mol. The highest BCUT2D eigenvalue weighted by Crippen LogP contribution is 2.22. The van der Waals surface area contributed by atoms with Crippen LogP contribution in [0.25, 0.3) is 11.0 Å². The first-order chi connectivity index (χ1) is 11.6. The Balaban J connectivity index is 0.00000169. The first kappa shape index (κ1) is 22.6. The van der Waals surface area contributed by atoms with E-state index in [1.54, 1.807) is 13.2 Å². The van der Waals surface area contributed by atoms with E-state index >= 15 is 0 Å². The van der Waals surface area contributed by atoms with Gasteiger partial charge in [0.15, 0.2) is 5.82 Å². The van der Waals surface area contributed by atoms with Crippen molar-refractivity contribution in [3.8, 4) is 0 Å². The molecular formula is C17H25Cl2FN4O2. The third kappa shape index (κ3) is 4.28. The summed E-state index contributed by atoms with van der Waals surface area (Å²) in [4.78, 5) is 16.9. The van der Waals surface area contributed by atoms with E-state index in [1.165, 1.54) is 6.07 Å². The van der Waals surface area contributed by atoms with E-state index in [2.05, 4.69) is 15.6 Å². The van der Waals surface area contributed by atoms with Crippen molar-refractivity contribution in [3.63, 3.8) is 0 Å². The standard InChI is InChI=1S/C17H23FN4O2.2ClH/c1-22-13-5-3-4-12(18)15(13)21-14(22)6-9-20-16(23)17(24-2)7-10-19-11-8-17;;/h3-5,19H,6-11H2,1-2H3,(H,20,23);2*1H. The van der Waals surface area contributed by atoms with Crippen LogP contribution in [-0.2, 0) is 23.0 Å². The van der Waals surface area contributed by atoms with Gasteiger partial charge >= 0.3 is 0 Å². The van der Waals surface area contributed by atoms with Gasteiger partial charge in [0.1, 0.15) is 16.9 Å². The van der Waals surface area contributed by atoms with Gasteiger partial charge in [-0.15, -0.1) is 24.8 Å². The average Bonchev–Trinajstić information content (AvgIpc) is 2.93. The number of amides is 1. The topological polar surface area (TPSA) is 68.2 Å². The predicted octanol–water partition coefficient (Wildman–Crippen LogP) is 1.98. The number of hydrogen-bond donors (Lipinski definition) is 2. The molecule has 26 heavy (non-hydrogen) atoms. The maximum Gasteiger partial charge on any atom is 0.252 e. The van der Waals surface area contributed by atoms with Crippen molar-refractivity contribution in [1.82, 2.24) is 20.2 Å². The summed E-state index contributed by atoms with van der Waals surface area (Å²) in [5.74, 6) is 0.329. The van der Waals surface area contributed by atoms with Crippen molar-refractivity contribution >= 4 is 41.8 Å². The van der Waals surface area contributed by atoms with Gasteiger partial charge in [0.2, 0.25) is 0 Å². The van der Waals surface area contributed by atoms with Gasteiger partial charge in [-0.3, -0.25) is 4.79 Å². The molecule has 1 saturated heterocycles. The van der Waals surface area contributed by atoms with Gasteiger partial charge in [-0.2, -0.15) is 0 Å². The second-order valence-corrected chi connectivity index (χ2v) is 6.15. The molecule has 2 N–H and O–H groups in total. The second kappa shape index (κ2) is 9.50. The smallest absolute Gasteiger partial charge is 0.252 e. The highest BCUT2D eigenvalue weighted by molar-refractivity contribution is 5.86. The molecule has 3 rings (SSSR count). The van der Waals surface area contributed by atoms with E-state index in [0.29, 0.717) is 31.3 Å². The lowest BCUT2D eigenvalue weighted by Crippen LogP contribution is -2.54. The van der Waals surface area contributed by atoms with Crippen molar-refractivity contribution in [1.29, 1.82) is 0 Å². The number of benzene rings is 1. The van der Waals surface area contributed by atoms with E-state index in [9.17, 15) is 9.18 Å². The van der Waals surface area contributed by atoms with Crippen LogP contribution in [0.3, 0.4) is 0 Å². The van der Waals surface area contributed by atoms with Crippen LogP contribution in [-0.4, -0.2) is 47.8 Å². The van der Waals surface area contributed by atoms with Crippen molar-refractivity contribution in [2.75, 3.05) is 26.7 Å². The monoisotopic (exact) mass is 406 g/mol. The van der Waals surface area contributed by atoms with Crippen LogP contribution in [0.4, 0.5) is 4.39 Å². The largest absolute Gasteiger partial charge is 0.368 e. The first-order valence-electron chi connectivity index (χ1n) is 8.21. The number of rotatable bonds is 5. The Morgan fingerprint density at radius 2 is 2.08 bits per heavy atom. The normalized spacial score (nSPS) is 15.8. The maximum absolute atomic E-state index is 13.8. The number of carbonyl (C=O) groups is 1. The van der Waals surface area contributed by atoms with Gasteiger partial charge in [-0.1, -0.05) is 6.07 Å². The van der Waals surface area contributed by atoms with Gasteiger partial charge in [0.25, 0.3) is 5.91 Å². The molecule has 0 spiro atoms. The number of fused-ring (bicyclic) bond motifs is 1. The van der Waals surface area contributed by atoms with E-state index in [4.69, 9.17) is 4.74 Å². The van der Waals surface area contributed by atoms with Crippen LogP contribution >= 0.6 is 24.8 Å². The molecule has 1 fully saturated rings. The lowest BCUT2D eigenvalue weighted by Gasteiger charge is -2.34. The summed E-state index contributed by atoms with van der Waals surface area (Å²) in [5, 5.41) is 6.17. The Hall–Kier alpha value is -1.41. The second-order valence-electron chi connectivity index (χ2n) is 6.15. The van der Waals surface area contributed by atoms with Crippen molar-refractivity contribution in [2.45, 2.75) is 24.9 Å². The lowest BCUT2D eigenvalue weighted by atomic mass is 9.91. The maximum atomic E-state index is 13.8. The molecular weight excluding hydrogens is 382 g/mol.